The molecule has 0 bridgehead atoms. The van der Waals surface area contributed by atoms with E-state index < -0.39 is 6.04 Å². The molecular weight excluding hydrogens is 375 g/mol. The molecule has 4 N–H and O–H groups in total. The zero-order chi connectivity index (χ0) is 17.5. The highest BCUT2D eigenvalue weighted by atomic mass is 35.5. The summed E-state index contributed by atoms with van der Waals surface area (Å²) >= 11 is 0. The minimum absolute atomic E-state index is 0. The summed E-state index contributed by atoms with van der Waals surface area (Å²) in [6.07, 6.45) is 1.05. The molecular formula is C18H30Cl2N4O2. The van der Waals surface area contributed by atoms with Gasteiger partial charge in [0.2, 0.25) is 11.8 Å². The third kappa shape index (κ3) is 7.50. The Balaban J connectivity index is 0.00000312. The Morgan fingerprint density at radius 1 is 1.15 bits per heavy atom. The van der Waals surface area contributed by atoms with Gasteiger partial charge in [-0.25, -0.2) is 0 Å². The number of hydrogen-bond donors (Lipinski definition) is 3. The predicted molar refractivity (Wildman–Crippen MR) is 109 cm³/mol. The second kappa shape index (κ2) is 12.1. The second-order valence-corrected chi connectivity index (χ2v) is 6.63. The minimum Gasteiger partial charge on any atom is -0.353 e. The van der Waals surface area contributed by atoms with Crippen molar-refractivity contribution in [3.8, 4) is 0 Å². The number of benzene rings is 1. The van der Waals surface area contributed by atoms with Gasteiger partial charge in [-0.3, -0.25) is 14.5 Å². The van der Waals surface area contributed by atoms with Gasteiger partial charge < -0.3 is 16.4 Å². The van der Waals surface area contributed by atoms with Gasteiger partial charge in [-0.05, 0) is 23.5 Å². The first-order valence-electron chi connectivity index (χ1n) is 8.56. The van der Waals surface area contributed by atoms with E-state index in [2.05, 4.69) is 39.8 Å². The van der Waals surface area contributed by atoms with Gasteiger partial charge in [0.25, 0.3) is 0 Å². The van der Waals surface area contributed by atoms with E-state index in [0.717, 1.165) is 26.1 Å². The number of nitrogens with zero attached hydrogens (tertiary/aromatic N) is 1. The van der Waals surface area contributed by atoms with Crippen LogP contribution in [0.1, 0.15) is 25.0 Å². The van der Waals surface area contributed by atoms with Crippen LogP contribution in [0.3, 0.4) is 0 Å². The third-order valence-electron chi connectivity index (χ3n) is 4.40. The van der Waals surface area contributed by atoms with Crippen molar-refractivity contribution in [2.75, 3.05) is 26.2 Å². The van der Waals surface area contributed by atoms with Gasteiger partial charge in [-0.2, -0.15) is 0 Å². The van der Waals surface area contributed by atoms with Gasteiger partial charge in [0.1, 0.15) is 0 Å². The maximum atomic E-state index is 11.8. The molecule has 0 aromatic heterocycles. The Morgan fingerprint density at radius 2 is 1.81 bits per heavy atom. The SMILES string of the molecule is CC(C)[C@H](N)C(=O)NCC(=O)NCCN1CCc2ccccc2C1.Cl.Cl. The van der Waals surface area contributed by atoms with Crippen molar-refractivity contribution in [1.82, 2.24) is 15.5 Å². The van der Waals surface area contributed by atoms with E-state index in [4.69, 9.17) is 5.73 Å². The van der Waals surface area contributed by atoms with Gasteiger partial charge in [0, 0.05) is 26.2 Å². The Hall–Kier alpha value is -1.34. The fourth-order valence-corrected chi connectivity index (χ4v) is 2.75. The molecule has 1 aromatic carbocycles. The normalized spacial score (nSPS) is 14.5. The predicted octanol–water partition coefficient (Wildman–Crippen LogP) is 1.10. The molecule has 148 valence electrons. The van der Waals surface area contributed by atoms with E-state index in [0.29, 0.717) is 6.54 Å². The lowest BCUT2D eigenvalue weighted by atomic mass is 10.00. The van der Waals surface area contributed by atoms with Crippen molar-refractivity contribution in [2.24, 2.45) is 11.7 Å². The van der Waals surface area contributed by atoms with E-state index in [9.17, 15) is 9.59 Å². The molecule has 2 amide bonds. The maximum Gasteiger partial charge on any atom is 0.239 e. The molecule has 0 saturated carbocycles. The smallest absolute Gasteiger partial charge is 0.239 e. The quantitative estimate of drug-likeness (QED) is 0.634. The van der Waals surface area contributed by atoms with Crippen LogP contribution in [0, 0.1) is 5.92 Å². The molecule has 0 unspecified atom stereocenters. The molecule has 2 rings (SSSR count). The molecule has 0 aliphatic carbocycles. The number of halogens is 2. The Bertz CT molecular complexity index is 584. The van der Waals surface area contributed by atoms with Gasteiger partial charge >= 0.3 is 0 Å². The van der Waals surface area contributed by atoms with Crippen molar-refractivity contribution in [1.29, 1.82) is 0 Å². The van der Waals surface area contributed by atoms with Crippen LogP contribution in [-0.4, -0.2) is 48.9 Å². The van der Waals surface area contributed by atoms with Crippen LogP contribution in [0.4, 0.5) is 0 Å². The fourth-order valence-electron chi connectivity index (χ4n) is 2.75. The molecule has 8 heteroatoms. The van der Waals surface area contributed by atoms with Crippen molar-refractivity contribution in [3.05, 3.63) is 35.4 Å². The zero-order valence-corrected chi connectivity index (χ0v) is 17.0. The monoisotopic (exact) mass is 404 g/mol. The lowest BCUT2D eigenvalue weighted by Gasteiger charge is -2.28. The minimum atomic E-state index is -0.578. The standard InChI is InChI=1S/C18H28N4O2.2ClH/c1-13(2)17(19)18(24)21-11-16(23)20-8-10-22-9-7-14-5-3-4-6-15(14)12-22;;/h3-6,13,17H,7-12,19H2,1-2H3,(H,20,23)(H,21,24);2*1H/t17-;;/m0../s1. The lowest BCUT2D eigenvalue weighted by molar-refractivity contribution is -0.127. The molecule has 1 heterocycles. The van der Waals surface area contributed by atoms with Crippen LogP contribution in [0.25, 0.3) is 0 Å². The summed E-state index contributed by atoms with van der Waals surface area (Å²) in [5.41, 5.74) is 8.52. The van der Waals surface area contributed by atoms with Crippen LogP contribution in [-0.2, 0) is 22.6 Å². The summed E-state index contributed by atoms with van der Waals surface area (Å²) in [5, 5.41) is 5.42. The van der Waals surface area contributed by atoms with Crippen molar-refractivity contribution >= 4 is 36.6 Å². The first-order valence-corrected chi connectivity index (χ1v) is 8.56. The van der Waals surface area contributed by atoms with Crippen LogP contribution >= 0.6 is 24.8 Å². The number of nitrogens with two attached hydrogens (primary N) is 1. The molecule has 0 saturated heterocycles. The molecule has 1 aliphatic rings. The maximum absolute atomic E-state index is 11.8. The topological polar surface area (TPSA) is 87.5 Å². The summed E-state index contributed by atoms with van der Waals surface area (Å²) in [7, 11) is 0. The molecule has 26 heavy (non-hydrogen) atoms. The molecule has 6 nitrogen and oxygen atoms in total. The second-order valence-electron chi connectivity index (χ2n) is 6.63. The summed E-state index contributed by atoms with van der Waals surface area (Å²) in [5.74, 6) is -0.417. The van der Waals surface area contributed by atoms with Gasteiger partial charge in [0.05, 0.1) is 12.6 Å². The zero-order valence-electron chi connectivity index (χ0n) is 15.4. The van der Waals surface area contributed by atoms with E-state index in [1.165, 1.54) is 11.1 Å². The van der Waals surface area contributed by atoms with Crippen LogP contribution in [0.15, 0.2) is 24.3 Å². The highest BCUT2D eigenvalue weighted by molar-refractivity contribution is 5.87. The van der Waals surface area contributed by atoms with Crippen molar-refractivity contribution in [2.45, 2.75) is 32.9 Å². The van der Waals surface area contributed by atoms with Crippen molar-refractivity contribution in [3.63, 3.8) is 0 Å². The van der Waals surface area contributed by atoms with E-state index in [-0.39, 0.29) is 49.1 Å². The van der Waals surface area contributed by atoms with Gasteiger partial charge in [-0.1, -0.05) is 38.1 Å². The van der Waals surface area contributed by atoms with E-state index >= 15 is 0 Å². The molecule has 0 spiro atoms. The van der Waals surface area contributed by atoms with Crippen LogP contribution in [0.2, 0.25) is 0 Å². The van der Waals surface area contributed by atoms with Crippen LogP contribution < -0.4 is 16.4 Å². The third-order valence-corrected chi connectivity index (χ3v) is 4.40. The number of amides is 2. The fraction of sp³-hybridized carbons (Fsp3) is 0.556. The van der Waals surface area contributed by atoms with E-state index in [1.807, 2.05) is 13.8 Å². The number of hydrogen-bond acceptors (Lipinski definition) is 4. The number of rotatable bonds is 7. The molecule has 0 radical (unpaired) electrons. The summed E-state index contributed by atoms with van der Waals surface area (Å²) in [6.45, 7) is 7.04. The number of carbonyl (C=O) groups is 2. The first kappa shape index (κ1) is 24.7. The van der Waals surface area contributed by atoms with Gasteiger partial charge in [0.15, 0.2) is 0 Å². The summed E-state index contributed by atoms with van der Waals surface area (Å²) in [4.78, 5) is 25.8. The van der Waals surface area contributed by atoms with Crippen molar-refractivity contribution < 1.29 is 9.59 Å². The highest BCUT2D eigenvalue weighted by Crippen LogP contribution is 2.17. The first-order chi connectivity index (χ1) is 11.5. The van der Waals surface area contributed by atoms with Gasteiger partial charge in [-0.15, -0.1) is 24.8 Å². The number of fused-ring (bicyclic) bond motifs is 1. The Kier molecular flexibility index (Phi) is 11.5. The average Bonchev–Trinajstić information content (AvgIpc) is 2.58. The average molecular weight is 405 g/mol. The summed E-state index contributed by atoms with van der Waals surface area (Å²) < 4.78 is 0. The molecule has 0 fully saturated rings. The Labute approximate surface area is 168 Å². The number of nitrogens with one attached hydrogen (secondary N) is 2. The summed E-state index contributed by atoms with van der Waals surface area (Å²) in [6, 6.07) is 7.90. The van der Waals surface area contributed by atoms with E-state index in [1.54, 1.807) is 0 Å². The lowest BCUT2D eigenvalue weighted by Crippen LogP contribution is -2.47. The number of carbonyl (C=O) groups excluding carboxylic acids is 2. The molecule has 1 atom stereocenters. The largest absolute Gasteiger partial charge is 0.353 e. The Morgan fingerprint density at radius 3 is 2.46 bits per heavy atom. The molecule has 1 aliphatic heterocycles. The molecule has 1 aromatic rings. The van der Waals surface area contributed by atoms with Crippen LogP contribution in [0.5, 0.6) is 0 Å². The highest BCUT2D eigenvalue weighted by Gasteiger charge is 2.18.